The Kier molecular flexibility index (Phi) is 35.6. The topological polar surface area (TPSA) is 61.0 Å². The van der Waals surface area contributed by atoms with Gasteiger partial charge < -0.3 is 11.9 Å². The van der Waals surface area contributed by atoms with Gasteiger partial charge in [-0.2, -0.15) is 0 Å². The molecular weight excluding hydrogens is 340 g/mol. The molecule has 0 radical (unpaired) electrons. The van der Waals surface area contributed by atoms with Gasteiger partial charge in [-0.3, -0.25) is 0 Å². The molecule has 0 atom stereocenters. The van der Waals surface area contributed by atoms with Gasteiger partial charge >= 0.3 is 0 Å². The molecule has 0 aromatic rings. The monoisotopic (exact) mass is 392 g/mol. The molecule has 0 heterocycles. The van der Waals surface area contributed by atoms with Gasteiger partial charge in [-0.25, -0.2) is 0 Å². The van der Waals surface area contributed by atoms with E-state index in [0.717, 1.165) is 31.2 Å². The quantitative estimate of drug-likeness (QED) is 0.181. The molecule has 5 N–H and O–H groups in total. The summed E-state index contributed by atoms with van der Waals surface area (Å²) < 4.78 is 0. The molecule has 0 aliphatic rings. The predicted molar refractivity (Wildman–Crippen MR) is 124 cm³/mol. The molecule has 26 heavy (non-hydrogen) atoms. The zero-order valence-electron chi connectivity index (χ0n) is 18.7. The molecule has 0 aliphatic heterocycles. The van der Waals surface area contributed by atoms with E-state index in [2.05, 4.69) is 20.8 Å². The first-order valence-corrected chi connectivity index (χ1v) is 12.0. The Hall–Kier alpha value is 0.210. The molecular formula is C23H53ClN2. The van der Waals surface area contributed by atoms with Crippen LogP contribution in [0.25, 0.3) is 0 Å². The summed E-state index contributed by atoms with van der Waals surface area (Å²) in [4.78, 5) is 0. The molecule has 0 aliphatic carbocycles. The normalized spacial score (nSPS) is 10.4. The van der Waals surface area contributed by atoms with Crippen molar-refractivity contribution in [1.82, 2.24) is 6.15 Å². The van der Waals surface area contributed by atoms with Crippen molar-refractivity contribution in [3.8, 4) is 0 Å². The molecule has 0 saturated carbocycles. The van der Waals surface area contributed by atoms with Crippen LogP contribution in [-0.2, 0) is 0 Å². The minimum Gasteiger partial charge on any atom is -0.344 e. The zero-order chi connectivity index (χ0) is 19.0. The fourth-order valence-corrected chi connectivity index (χ4v) is 3.17. The Balaban J connectivity index is -0.000000561. The highest BCUT2D eigenvalue weighted by Crippen LogP contribution is 2.14. The summed E-state index contributed by atoms with van der Waals surface area (Å²) in [5.74, 6) is 1.68. The van der Waals surface area contributed by atoms with Gasteiger partial charge in [0.05, 0.1) is 0 Å². The third-order valence-electron chi connectivity index (χ3n) is 4.72. The highest BCUT2D eigenvalue weighted by molar-refractivity contribution is 6.17. The number of rotatable bonds is 18. The first-order valence-electron chi connectivity index (χ1n) is 11.4. The average Bonchev–Trinajstić information content (AvgIpc) is 2.60. The summed E-state index contributed by atoms with van der Waals surface area (Å²) in [6.07, 6.45) is 23.9. The summed E-state index contributed by atoms with van der Waals surface area (Å²) in [7, 11) is 0. The van der Waals surface area contributed by atoms with Crippen molar-refractivity contribution in [3.63, 3.8) is 0 Å². The summed E-state index contributed by atoms with van der Waals surface area (Å²) in [5, 5.41) is 0. The Labute approximate surface area is 172 Å². The second-order valence-corrected chi connectivity index (χ2v) is 8.34. The lowest BCUT2D eigenvalue weighted by Gasteiger charge is -2.04. The van der Waals surface area contributed by atoms with Crippen molar-refractivity contribution in [2.75, 3.05) is 12.4 Å². The second kappa shape index (κ2) is 30.0. The number of alkyl halides is 1. The maximum Gasteiger partial charge on any atom is 0.0223 e. The van der Waals surface area contributed by atoms with E-state index in [9.17, 15) is 0 Å². The van der Waals surface area contributed by atoms with Crippen LogP contribution >= 0.6 is 11.6 Å². The molecule has 162 valence electrons. The van der Waals surface area contributed by atoms with Crippen molar-refractivity contribution in [3.05, 3.63) is 0 Å². The van der Waals surface area contributed by atoms with Crippen LogP contribution in [0, 0.1) is 5.92 Å². The second-order valence-electron chi connectivity index (χ2n) is 7.96. The number of hydrogen-bond donors (Lipinski definition) is 2. The minimum absolute atomic E-state index is 0. The molecule has 0 aromatic heterocycles. The Morgan fingerprint density at radius 1 is 0.615 bits per heavy atom. The predicted octanol–water partition coefficient (Wildman–Crippen LogP) is 8.64. The highest BCUT2D eigenvalue weighted by atomic mass is 35.5. The third kappa shape index (κ3) is 35.3. The molecule has 0 aromatic carbocycles. The molecule has 0 rings (SSSR count). The lowest BCUT2D eigenvalue weighted by Crippen LogP contribution is -1.97. The smallest absolute Gasteiger partial charge is 0.0223 e. The van der Waals surface area contributed by atoms with Crippen LogP contribution in [0.5, 0.6) is 0 Å². The van der Waals surface area contributed by atoms with Crippen LogP contribution in [0.15, 0.2) is 0 Å². The fraction of sp³-hybridized carbons (Fsp3) is 1.00. The van der Waals surface area contributed by atoms with Crippen molar-refractivity contribution in [1.29, 1.82) is 0 Å². The first kappa shape index (κ1) is 30.9. The van der Waals surface area contributed by atoms with Crippen molar-refractivity contribution < 1.29 is 0 Å². The minimum atomic E-state index is 0. The maximum absolute atomic E-state index is 5.40. The number of halogens is 1. The third-order valence-corrected chi connectivity index (χ3v) is 4.99. The summed E-state index contributed by atoms with van der Waals surface area (Å²) in [5.41, 5.74) is 5.23. The number of hydrogen-bond acceptors (Lipinski definition) is 2. The molecule has 0 amide bonds. The molecule has 3 heteroatoms. The maximum atomic E-state index is 5.40. The average molecular weight is 393 g/mol. The van der Waals surface area contributed by atoms with E-state index in [0.29, 0.717) is 0 Å². The van der Waals surface area contributed by atoms with Gasteiger partial charge in [-0.1, -0.05) is 117 Å². The van der Waals surface area contributed by atoms with Gasteiger partial charge in [0.1, 0.15) is 0 Å². The highest BCUT2D eigenvalue weighted by Gasteiger charge is 1.95. The van der Waals surface area contributed by atoms with Crippen LogP contribution in [0.1, 0.15) is 130 Å². The Morgan fingerprint density at radius 3 is 1.35 bits per heavy atom. The number of nitrogens with two attached hydrogens (primary N) is 1. The van der Waals surface area contributed by atoms with Crippen LogP contribution in [-0.4, -0.2) is 12.4 Å². The molecule has 2 nitrogen and oxygen atoms in total. The van der Waals surface area contributed by atoms with Gasteiger partial charge in [0.15, 0.2) is 0 Å². The van der Waals surface area contributed by atoms with E-state index in [1.807, 2.05) is 0 Å². The van der Waals surface area contributed by atoms with Crippen molar-refractivity contribution >= 4 is 11.6 Å². The Morgan fingerprint density at radius 2 is 1.00 bits per heavy atom. The van der Waals surface area contributed by atoms with E-state index in [1.165, 1.54) is 96.3 Å². The van der Waals surface area contributed by atoms with E-state index in [-0.39, 0.29) is 6.15 Å². The summed E-state index contributed by atoms with van der Waals surface area (Å²) in [6, 6.07) is 0. The molecule has 0 spiro atoms. The number of unbranched alkanes of at least 4 members (excludes halogenated alkanes) is 14. The Bertz CT molecular complexity index is 206. The largest absolute Gasteiger partial charge is 0.344 e. The van der Waals surface area contributed by atoms with Crippen molar-refractivity contribution in [2.45, 2.75) is 130 Å². The lowest BCUT2D eigenvalue weighted by atomic mass is 10.0. The van der Waals surface area contributed by atoms with Gasteiger partial charge in [-0.05, 0) is 25.3 Å². The van der Waals surface area contributed by atoms with Gasteiger partial charge in [0, 0.05) is 5.88 Å². The SMILES string of the molecule is CCCCCCCCCCCCCCCC(C)C.N.NCCCCCCl. The van der Waals surface area contributed by atoms with Crippen molar-refractivity contribution in [2.24, 2.45) is 11.7 Å². The molecule has 0 fully saturated rings. The van der Waals surface area contributed by atoms with E-state index in [4.69, 9.17) is 17.3 Å². The fourth-order valence-electron chi connectivity index (χ4n) is 2.99. The van der Waals surface area contributed by atoms with Gasteiger partial charge in [0.25, 0.3) is 0 Å². The molecule has 0 saturated heterocycles. The summed E-state index contributed by atoms with van der Waals surface area (Å²) >= 11 is 5.40. The van der Waals surface area contributed by atoms with Crippen LogP contribution in [0.4, 0.5) is 0 Å². The van der Waals surface area contributed by atoms with Gasteiger partial charge in [-0.15, -0.1) is 11.6 Å². The molecule has 0 bridgehead atoms. The standard InChI is InChI=1S/C18H38.C5H12ClN.H3N/c1-4-5-6-7-8-9-10-11-12-13-14-15-16-17-18(2)3;6-4-2-1-3-5-7;/h18H,4-17H2,1-3H3;1-5,7H2;1H3. The van der Waals surface area contributed by atoms with Gasteiger partial charge in [0.2, 0.25) is 0 Å². The zero-order valence-corrected chi connectivity index (χ0v) is 19.4. The van der Waals surface area contributed by atoms with E-state index < -0.39 is 0 Å². The first-order chi connectivity index (χ1) is 12.2. The summed E-state index contributed by atoms with van der Waals surface area (Å²) in [6.45, 7) is 7.76. The van der Waals surface area contributed by atoms with Crippen LogP contribution in [0.3, 0.4) is 0 Å². The van der Waals surface area contributed by atoms with Crippen LogP contribution in [0.2, 0.25) is 0 Å². The van der Waals surface area contributed by atoms with E-state index in [1.54, 1.807) is 0 Å². The van der Waals surface area contributed by atoms with E-state index >= 15 is 0 Å². The molecule has 0 unspecified atom stereocenters. The van der Waals surface area contributed by atoms with Crippen LogP contribution < -0.4 is 11.9 Å². The lowest BCUT2D eigenvalue weighted by molar-refractivity contribution is 0.503.